The number of ether oxygens (including phenoxy) is 3. The Labute approximate surface area is 274 Å². The number of hydrogen-bond donors (Lipinski definition) is 1. The normalized spacial score (nSPS) is 16.5. The number of anilines is 3. The first kappa shape index (κ1) is 32.1. The molecule has 1 N–H and O–H groups in total. The predicted octanol–water partition coefficient (Wildman–Crippen LogP) is 3.35. The Morgan fingerprint density at radius 1 is 1.02 bits per heavy atom. The first-order valence-electron chi connectivity index (χ1n) is 16.0. The molecule has 0 saturated carbocycles. The Morgan fingerprint density at radius 3 is 2.47 bits per heavy atom. The molecule has 2 aromatic carbocycles. The molecule has 14 nitrogen and oxygen atoms in total. The number of aromatic nitrogens is 6. The van der Waals surface area contributed by atoms with Gasteiger partial charge >= 0.3 is 0 Å². The second-order valence-electron chi connectivity index (χ2n) is 12.0. The minimum atomic E-state index is -0.298. The van der Waals surface area contributed by atoms with Gasteiger partial charge in [-0.2, -0.15) is 0 Å². The second kappa shape index (κ2) is 14.7. The molecule has 4 heterocycles. The van der Waals surface area contributed by atoms with E-state index in [2.05, 4.69) is 52.7 Å². The number of tetrazole rings is 1. The number of rotatable bonds is 11. The van der Waals surface area contributed by atoms with E-state index in [-0.39, 0.29) is 12.0 Å². The van der Waals surface area contributed by atoms with E-state index < -0.39 is 0 Å². The fourth-order valence-corrected chi connectivity index (χ4v) is 6.07. The first-order valence-corrected chi connectivity index (χ1v) is 16.0. The highest BCUT2D eigenvalue weighted by Crippen LogP contribution is 2.34. The van der Waals surface area contributed by atoms with E-state index in [1.807, 2.05) is 25.1 Å². The highest BCUT2D eigenvalue weighted by molar-refractivity contribution is 5.97. The number of hydrogen-bond acceptors (Lipinski definition) is 12. The Bertz CT molecular complexity index is 1620. The molecule has 248 valence electrons. The number of carbonyl (C=O) groups excluding carboxylic acids is 1. The lowest BCUT2D eigenvalue weighted by Gasteiger charge is -2.40. The topological polar surface area (TPSA) is 136 Å². The van der Waals surface area contributed by atoms with Crippen molar-refractivity contribution in [3.8, 4) is 22.6 Å². The molecule has 0 unspecified atom stereocenters. The molecule has 0 aliphatic carbocycles. The quantitative estimate of drug-likeness (QED) is 0.257. The van der Waals surface area contributed by atoms with Crippen molar-refractivity contribution >= 4 is 23.2 Å². The van der Waals surface area contributed by atoms with Crippen LogP contribution < -0.4 is 19.7 Å². The van der Waals surface area contributed by atoms with Crippen LogP contribution in [0.15, 0.2) is 55.1 Å². The predicted molar refractivity (Wildman–Crippen MR) is 177 cm³/mol. The average molecular weight is 643 g/mol. The second-order valence-corrected chi connectivity index (χ2v) is 12.0. The van der Waals surface area contributed by atoms with Crippen molar-refractivity contribution in [2.24, 2.45) is 0 Å². The standard InChI is InChI=1S/C33H42N10O4/c1-23(21-43-22-36-38-39-43)47-30-17-24(5-7-28(30)32(44)40(2)3)25-19-34-33(35-20-25)37-29-8-6-27(18-31(29)45-4)41-11-9-26(10-12-41)42-13-15-46-16-14-42/h5-8,17-20,22-23,26H,9-16,21H2,1-4H3,(H,34,35,37)/t23-/m0/s1. The molecule has 2 aliphatic heterocycles. The van der Waals surface area contributed by atoms with Gasteiger partial charge in [0.1, 0.15) is 23.9 Å². The molecule has 14 heteroatoms. The van der Waals surface area contributed by atoms with Crippen LogP contribution in [0, 0.1) is 0 Å². The summed E-state index contributed by atoms with van der Waals surface area (Å²) in [7, 11) is 5.09. The van der Waals surface area contributed by atoms with E-state index in [0.29, 0.717) is 29.8 Å². The molecule has 47 heavy (non-hydrogen) atoms. The van der Waals surface area contributed by atoms with Gasteiger partial charge in [0.25, 0.3) is 5.91 Å². The zero-order valence-electron chi connectivity index (χ0n) is 27.4. The van der Waals surface area contributed by atoms with Gasteiger partial charge in [0.15, 0.2) is 0 Å². The molecule has 0 radical (unpaired) electrons. The van der Waals surface area contributed by atoms with Crippen LogP contribution in [-0.2, 0) is 11.3 Å². The smallest absolute Gasteiger partial charge is 0.257 e. The maximum Gasteiger partial charge on any atom is 0.257 e. The summed E-state index contributed by atoms with van der Waals surface area (Å²) in [5.74, 6) is 1.47. The van der Waals surface area contributed by atoms with Gasteiger partial charge in [0.2, 0.25) is 5.95 Å². The van der Waals surface area contributed by atoms with E-state index in [0.717, 1.165) is 80.5 Å². The summed E-state index contributed by atoms with van der Waals surface area (Å²) in [6.45, 7) is 8.09. The molecule has 2 aromatic heterocycles. The SMILES string of the molecule is COc1cc(N2CCC(N3CCOCC3)CC2)ccc1Nc1ncc(-c2ccc(C(=O)N(C)C)c(O[C@@H](C)Cn3cnnn3)c2)cn1. The van der Waals surface area contributed by atoms with Crippen molar-refractivity contribution in [2.75, 3.05) is 70.8 Å². The third-order valence-electron chi connectivity index (χ3n) is 8.59. The number of benzene rings is 2. The van der Waals surface area contributed by atoms with Crippen molar-refractivity contribution in [1.82, 2.24) is 40.0 Å². The maximum absolute atomic E-state index is 12.9. The van der Waals surface area contributed by atoms with Gasteiger partial charge in [-0.05, 0) is 60.0 Å². The van der Waals surface area contributed by atoms with Crippen molar-refractivity contribution in [3.63, 3.8) is 0 Å². The molecule has 1 amide bonds. The monoisotopic (exact) mass is 642 g/mol. The van der Waals surface area contributed by atoms with Crippen LogP contribution in [0.1, 0.15) is 30.1 Å². The Morgan fingerprint density at radius 2 is 1.79 bits per heavy atom. The van der Waals surface area contributed by atoms with Crippen molar-refractivity contribution in [3.05, 3.63) is 60.7 Å². The Hall–Kier alpha value is -4.82. The molecule has 6 rings (SSSR count). The summed E-state index contributed by atoms with van der Waals surface area (Å²) < 4.78 is 19.1. The largest absolute Gasteiger partial charge is 0.494 e. The minimum absolute atomic E-state index is 0.158. The van der Waals surface area contributed by atoms with Gasteiger partial charge < -0.3 is 29.3 Å². The molecule has 2 fully saturated rings. The number of carbonyl (C=O) groups is 1. The summed E-state index contributed by atoms with van der Waals surface area (Å²) in [6.07, 6.45) is 7.00. The van der Waals surface area contributed by atoms with Crippen LogP contribution in [-0.4, -0.2) is 119 Å². The van der Waals surface area contributed by atoms with Gasteiger partial charge in [-0.25, -0.2) is 14.6 Å². The summed E-state index contributed by atoms with van der Waals surface area (Å²) in [6, 6.07) is 12.3. The van der Waals surface area contributed by atoms with Crippen LogP contribution in [0.4, 0.5) is 17.3 Å². The highest BCUT2D eigenvalue weighted by Gasteiger charge is 2.26. The molecule has 0 spiro atoms. The fourth-order valence-electron chi connectivity index (χ4n) is 6.07. The Kier molecular flexibility index (Phi) is 10.1. The van der Waals surface area contributed by atoms with Gasteiger partial charge in [0.05, 0.1) is 38.1 Å². The lowest BCUT2D eigenvalue weighted by molar-refractivity contribution is 0.0115. The summed E-state index contributed by atoms with van der Waals surface area (Å²) in [4.78, 5) is 28.6. The van der Waals surface area contributed by atoms with E-state index in [4.69, 9.17) is 14.2 Å². The highest BCUT2D eigenvalue weighted by atomic mass is 16.5. The van der Waals surface area contributed by atoms with Gasteiger partial charge in [-0.3, -0.25) is 9.69 Å². The third-order valence-corrected chi connectivity index (χ3v) is 8.59. The number of nitrogens with one attached hydrogen (secondary N) is 1. The van der Waals surface area contributed by atoms with Crippen molar-refractivity contribution in [2.45, 2.75) is 38.5 Å². The zero-order valence-corrected chi connectivity index (χ0v) is 27.4. The number of methoxy groups -OCH3 is 1. The summed E-state index contributed by atoms with van der Waals surface area (Å²) in [5.41, 5.74) is 3.98. The van der Waals surface area contributed by atoms with Crippen molar-refractivity contribution < 1.29 is 19.0 Å². The number of nitrogens with zero attached hydrogens (tertiary/aromatic N) is 9. The van der Waals surface area contributed by atoms with Crippen LogP contribution in [0.2, 0.25) is 0 Å². The molecule has 4 aromatic rings. The number of piperidine rings is 1. The van der Waals surface area contributed by atoms with Crippen molar-refractivity contribution in [1.29, 1.82) is 0 Å². The number of amides is 1. The fraction of sp³-hybridized carbons (Fsp3) is 0.455. The summed E-state index contributed by atoms with van der Waals surface area (Å²) in [5, 5.41) is 14.5. The van der Waals surface area contributed by atoms with Gasteiger partial charge in [-0.1, -0.05) is 6.07 Å². The van der Waals surface area contributed by atoms with E-state index in [1.165, 1.54) is 11.2 Å². The maximum atomic E-state index is 12.9. The molecule has 2 saturated heterocycles. The van der Waals surface area contributed by atoms with Crippen LogP contribution >= 0.6 is 0 Å². The van der Waals surface area contributed by atoms with Gasteiger partial charge in [-0.15, -0.1) is 5.10 Å². The summed E-state index contributed by atoms with van der Waals surface area (Å²) >= 11 is 0. The van der Waals surface area contributed by atoms with Crippen LogP contribution in [0.3, 0.4) is 0 Å². The Balaban J connectivity index is 1.13. The van der Waals surface area contributed by atoms with Crippen LogP contribution in [0.25, 0.3) is 11.1 Å². The van der Waals surface area contributed by atoms with E-state index >= 15 is 0 Å². The molecular weight excluding hydrogens is 600 g/mol. The third kappa shape index (κ3) is 7.77. The van der Waals surface area contributed by atoms with Crippen LogP contribution in [0.5, 0.6) is 11.5 Å². The lowest BCUT2D eigenvalue weighted by atomic mass is 10.0. The lowest BCUT2D eigenvalue weighted by Crippen LogP contribution is -2.49. The molecule has 1 atom stereocenters. The first-order chi connectivity index (χ1) is 22.9. The molecule has 2 aliphatic rings. The molecule has 0 bridgehead atoms. The minimum Gasteiger partial charge on any atom is -0.494 e. The average Bonchev–Trinajstić information content (AvgIpc) is 3.62. The van der Waals surface area contributed by atoms with E-state index in [9.17, 15) is 4.79 Å². The van der Waals surface area contributed by atoms with E-state index in [1.54, 1.807) is 44.3 Å². The van der Waals surface area contributed by atoms with Gasteiger partial charge in [0, 0.05) is 76.0 Å². The number of morpholine rings is 1. The molecular formula is C33H42N10O4. The zero-order chi connectivity index (χ0) is 32.8.